The van der Waals surface area contributed by atoms with Gasteiger partial charge in [-0.05, 0) is 25.7 Å². The van der Waals surface area contributed by atoms with Crippen molar-refractivity contribution in [3.05, 3.63) is 0 Å². The van der Waals surface area contributed by atoms with Gasteiger partial charge in [0.05, 0.1) is 11.8 Å². The molecule has 0 unspecified atom stereocenters. The quantitative estimate of drug-likeness (QED) is 0.793. The number of carbonyl (C=O) groups excluding carboxylic acids is 3. The number of nitrogens with one attached hydrogen (secondary N) is 1. The number of likely N-dealkylation sites (tertiary alicyclic amines) is 2. The van der Waals surface area contributed by atoms with Gasteiger partial charge in [0.2, 0.25) is 17.7 Å². The third-order valence-corrected chi connectivity index (χ3v) is 4.57. The summed E-state index contributed by atoms with van der Waals surface area (Å²) in [6, 6.07) is 0. The number of hydrogen-bond acceptors (Lipinski definition) is 3. The van der Waals surface area contributed by atoms with Gasteiger partial charge in [-0.25, -0.2) is 0 Å². The molecular formula is C15H25N3O3. The van der Waals surface area contributed by atoms with E-state index in [-0.39, 0.29) is 29.6 Å². The SMILES string of the molecule is CNC(=O)[C@@H]1CCCN(C(=O)[C@@H]2CCCN(C(C)=O)C2)C1. The van der Waals surface area contributed by atoms with Crippen LogP contribution in [0.25, 0.3) is 0 Å². The van der Waals surface area contributed by atoms with Crippen molar-refractivity contribution in [3.63, 3.8) is 0 Å². The van der Waals surface area contributed by atoms with Gasteiger partial charge in [0, 0.05) is 40.2 Å². The van der Waals surface area contributed by atoms with E-state index in [0.717, 1.165) is 38.8 Å². The number of rotatable bonds is 2. The lowest BCUT2D eigenvalue weighted by Gasteiger charge is -2.37. The molecule has 2 rings (SSSR count). The fourth-order valence-electron chi connectivity index (χ4n) is 3.32. The number of amides is 3. The summed E-state index contributed by atoms with van der Waals surface area (Å²) < 4.78 is 0. The van der Waals surface area contributed by atoms with Crippen molar-refractivity contribution >= 4 is 17.7 Å². The Bertz CT molecular complexity index is 424. The summed E-state index contributed by atoms with van der Waals surface area (Å²) in [7, 11) is 1.63. The average Bonchev–Trinajstić information content (AvgIpc) is 2.53. The zero-order valence-corrected chi connectivity index (χ0v) is 12.9. The van der Waals surface area contributed by atoms with Gasteiger partial charge in [-0.15, -0.1) is 0 Å². The maximum absolute atomic E-state index is 12.6. The Morgan fingerprint density at radius 1 is 0.952 bits per heavy atom. The van der Waals surface area contributed by atoms with Crippen LogP contribution in [0.4, 0.5) is 0 Å². The van der Waals surface area contributed by atoms with Crippen LogP contribution < -0.4 is 5.32 Å². The first-order chi connectivity index (χ1) is 10.0. The average molecular weight is 295 g/mol. The van der Waals surface area contributed by atoms with E-state index in [1.807, 2.05) is 4.90 Å². The molecule has 1 N–H and O–H groups in total. The van der Waals surface area contributed by atoms with E-state index < -0.39 is 0 Å². The summed E-state index contributed by atoms with van der Waals surface area (Å²) in [5, 5.41) is 2.67. The Morgan fingerprint density at radius 2 is 1.52 bits per heavy atom. The third kappa shape index (κ3) is 3.74. The summed E-state index contributed by atoms with van der Waals surface area (Å²) in [5.74, 6) is -0.0447. The van der Waals surface area contributed by atoms with E-state index in [1.54, 1.807) is 18.9 Å². The van der Waals surface area contributed by atoms with Gasteiger partial charge in [-0.3, -0.25) is 14.4 Å². The van der Waals surface area contributed by atoms with Crippen LogP contribution in [0.1, 0.15) is 32.6 Å². The van der Waals surface area contributed by atoms with Crippen LogP contribution in [0, 0.1) is 11.8 Å². The van der Waals surface area contributed by atoms with Crippen molar-refractivity contribution in [2.45, 2.75) is 32.6 Å². The normalized spacial score (nSPS) is 26.4. The Balaban J connectivity index is 1.95. The van der Waals surface area contributed by atoms with Crippen LogP contribution in [0.2, 0.25) is 0 Å². The van der Waals surface area contributed by atoms with Crippen molar-refractivity contribution < 1.29 is 14.4 Å². The molecule has 0 saturated carbocycles. The molecule has 0 radical (unpaired) electrons. The Morgan fingerprint density at radius 3 is 2.14 bits per heavy atom. The highest BCUT2D eigenvalue weighted by atomic mass is 16.2. The summed E-state index contributed by atoms with van der Waals surface area (Å²) in [6.07, 6.45) is 3.42. The molecular weight excluding hydrogens is 270 g/mol. The van der Waals surface area contributed by atoms with Crippen molar-refractivity contribution in [3.8, 4) is 0 Å². The summed E-state index contributed by atoms with van der Waals surface area (Å²) in [6.45, 7) is 4.06. The molecule has 0 spiro atoms. The summed E-state index contributed by atoms with van der Waals surface area (Å²) >= 11 is 0. The molecule has 21 heavy (non-hydrogen) atoms. The fraction of sp³-hybridized carbons (Fsp3) is 0.800. The predicted molar refractivity (Wildman–Crippen MR) is 78.3 cm³/mol. The predicted octanol–water partition coefficient (Wildman–Crippen LogP) is 0.230. The second-order valence-electron chi connectivity index (χ2n) is 6.04. The Labute approximate surface area is 125 Å². The van der Waals surface area contributed by atoms with Crippen LogP contribution in [-0.4, -0.2) is 60.7 Å². The van der Waals surface area contributed by atoms with Crippen molar-refractivity contribution in [1.29, 1.82) is 0 Å². The van der Waals surface area contributed by atoms with E-state index in [9.17, 15) is 14.4 Å². The zero-order valence-electron chi connectivity index (χ0n) is 12.9. The molecule has 0 aromatic carbocycles. The molecule has 2 atom stereocenters. The van der Waals surface area contributed by atoms with Gasteiger partial charge in [-0.1, -0.05) is 0 Å². The van der Waals surface area contributed by atoms with Crippen molar-refractivity contribution in [2.24, 2.45) is 11.8 Å². The number of hydrogen-bond donors (Lipinski definition) is 1. The molecule has 2 heterocycles. The molecule has 3 amide bonds. The first-order valence-corrected chi connectivity index (χ1v) is 7.78. The molecule has 6 heteroatoms. The molecule has 2 aliphatic rings. The van der Waals surface area contributed by atoms with E-state index >= 15 is 0 Å². The monoisotopic (exact) mass is 295 g/mol. The molecule has 6 nitrogen and oxygen atoms in total. The van der Waals surface area contributed by atoms with E-state index in [0.29, 0.717) is 13.1 Å². The second-order valence-corrected chi connectivity index (χ2v) is 6.04. The lowest BCUT2D eigenvalue weighted by atomic mass is 9.92. The van der Waals surface area contributed by atoms with Crippen LogP contribution in [0.3, 0.4) is 0 Å². The molecule has 0 aromatic rings. The lowest BCUT2D eigenvalue weighted by molar-refractivity contribution is -0.142. The van der Waals surface area contributed by atoms with Gasteiger partial charge < -0.3 is 15.1 Å². The first kappa shape index (κ1) is 15.8. The van der Waals surface area contributed by atoms with Crippen molar-refractivity contribution in [2.75, 3.05) is 33.2 Å². The highest BCUT2D eigenvalue weighted by molar-refractivity contribution is 5.83. The molecule has 0 aromatic heterocycles. The van der Waals surface area contributed by atoms with Gasteiger partial charge >= 0.3 is 0 Å². The van der Waals surface area contributed by atoms with Crippen LogP contribution >= 0.6 is 0 Å². The lowest BCUT2D eigenvalue weighted by Crippen LogP contribution is -2.50. The van der Waals surface area contributed by atoms with Crippen LogP contribution in [0.15, 0.2) is 0 Å². The van der Waals surface area contributed by atoms with Crippen molar-refractivity contribution in [1.82, 2.24) is 15.1 Å². The van der Waals surface area contributed by atoms with E-state index in [4.69, 9.17) is 0 Å². The standard InChI is InChI=1S/C15H25N3O3/c1-11(19)17-7-4-6-13(10-17)15(21)18-8-3-5-12(9-18)14(20)16-2/h12-13H,3-10H2,1-2H3,(H,16,20)/t12-,13-/m1/s1. The summed E-state index contributed by atoms with van der Waals surface area (Å²) in [4.78, 5) is 39.4. The Kier molecular flexibility index (Phi) is 5.20. The molecule has 2 fully saturated rings. The minimum Gasteiger partial charge on any atom is -0.359 e. The van der Waals surface area contributed by atoms with Gasteiger partial charge in [0.15, 0.2) is 0 Å². The zero-order chi connectivity index (χ0) is 15.4. The van der Waals surface area contributed by atoms with E-state index in [2.05, 4.69) is 5.32 Å². The number of carbonyl (C=O) groups is 3. The topological polar surface area (TPSA) is 69.7 Å². The van der Waals surface area contributed by atoms with Gasteiger partial charge in [-0.2, -0.15) is 0 Å². The van der Waals surface area contributed by atoms with Crippen LogP contribution in [0.5, 0.6) is 0 Å². The number of nitrogens with zero attached hydrogens (tertiary/aromatic N) is 2. The first-order valence-electron chi connectivity index (χ1n) is 7.78. The van der Waals surface area contributed by atoms with Crippen LogP contribution in [-0.2, 0) is 14.4 Å². The molecule has 118 valence electrons. The van der Waals surface area contributed by atoms with Gasteiger partial charge in [0.25, 0.3) is 0 Å². The minimum atomic E-state index is -0.105. The maximum Gasteiger partial charge on any atom is 0.227 e. The smallest absolute Gasteiger partial charge is 0.227 e. The number of piperidine rings is 2. The third-order valence-electron chi connectivity index (χ3n) is 4.57. The van der Waals surface area contributed by atoms with E-state index in [1.165, 1.54) is 0 Å². The largest absolute Gasteiger partial charge is 0.359 e. The van der Waals surface area contributed by atoms with Gasteiger partial charge in [0.1, 0.15) is 0 Å². The second kappa shape index (κ2) is 6.91. The summed E-state index contributed by atoms with van der Waals surface area (Å²) in [5.41, 5.74) is 0. The minimum absolute atomic E-state index is 0.0153. The maximum atomic E-state index is 12.6. The molecule has 2 aliphatic heterocycles. The molecule has 2 saturated heterocycles. The fourth-order valence-corrected chi connectivity index (χ4v) is 3.32. The molecule has 0 aliphatic carbocycles. The highest BCUT2D eigenvalue weighted by Gasteiger charge is 2.34. The Hall–Kier alpha value is -1.59. The molecule has 0 bridgehead atoms. The highest BCUT2D eigenvalue weighted by Crippen LogP contribution is 2.23.